The normalized spacial score (nSPS) is 16.4. The molecule has 1 aromatic rings. The highest BCUT2D eigenvalue weighted by Crippen LogP contribution is 2.30. The molecule has 0 amide bonds. The van der Waals surface area contributed by atoms with Crippen LogP contribution in [0.25, 0.3) is 0 Å². The second-order valence-electron chi connectivity index (χ2n) is 4.80. The predicted octanol–water partition coefficient (Wildman–Crippen LogP) is 3.80. The molecule has 0 saturated carbocycles. The molecule has 0 fully saturated rings. The molecule has 3 heteroatoms. The van der Waals surface area contributed by atoms with E-state index >= 15 is 0 Å². The van der Waals surface area contributed by atoms with E-state index in [2.05, 4.69) is 29.8 Å². The Hall–Kier alpha value is -0.540. The number of hydrogen-bond acceptors (Lipinski definition) is 2. The van der Waals surface area contributed by atoms with Gasteiger partial charge in [0.15, 0.2) is 0 Å². The zero-order valence-corrected chi connectivity index (χ0v) is 12.5. The summed E-state index contributed by atoms with van der Waals surface area (Å²) in [7, 11) is 1.66. The average Bonchev–Trinajstić information content (AvgIpc) is 2.27. The molecule has 0 spiro atoms. The summed E-state index contributed by atoms with van der Waals surface area (Å²) in [5.74, 6) is 1.09. The first-order chi connectivity index (χ1) is 7.90. The maximum Gasteiger partial charge on any atom is 0.122 e. The largest absolute Gasteiger partial charge is 0.496 e. The van der Waals surface area contributed by atoms with Crippen molar-refractivity contribution in [1.29, 1.82) is 0 Å². The first-order valence-electron chi connectivity index (χ1n) is 5.95. The molecule has 0 aliphatic rings. The number of methoxy groups -OCH3 is 1. The molecule has 0 radical (unpaired) electrons. The van der Waals surface area contributed by atoms with Crippen LogP contribution in [0.4, 0.5) is 0 Å². The van der Waals surface area contributed by atoms with Gasteiger partial charge in [0, 0.05) is 10.9 Å². The van der Waals surface area contributed by atoms with Crippen LogP contribution in [0.3, 0.4) is 0 Å². The van der Waals surface area contributed by atoms with Gasteiger partial charge in [0.25, 0.3) is 0 Å². The Kier molecular flexibility index (Phi) is 5.02. The molecular formula is C14H21BrO2. The SMILES string of the molecule is CCC(C)C(C)(O)Cc1cc(Br)ccc1OC. The summed E-state index contributed by atoms with van der Waals surface area (Å²) in [5, 5.41) is 10.5. The van der Waals surface area contributed by atoms with Crippen molar-refractivity contribution < 1.29 is 9.84 Å². The number of aliphatic hydroxyl groups is 1. The van der Waals surface area contributed by atoms with Crippen molar-refractivity contribution in [3.05, 3.63) is 28.2 Å². The second-order valence-corrected chi connectivity index (χ2v) is 5.72. The predicted molar refractivity (Wildman–Crippen MR) is 74.5 cm³/mol. The Bertz CT molecular complexity index is 374. The minimum atomic E-state index is -0.706. The van der Waals surface area contributed by atoms with Gasteiger partial charge in [0.05, 0.1) is 12.7 Å². The minimum Gasteiger partial charge on any atom is -0.496 e. The van der Waals surface area contributed by atoms with Crippen molar-refractivity contribution in [2.45, 2.75) is 39.2 Å². The van der Waals surface area contributed by atoms with Crippen LogP contribution in [0, 0.1) is 5.92 Å². The topological polar surface area (TPSA) is 29.5 Å². The van der Waals surface area contributed by atoms with Gasteiger partial charge in [0.2, 0.25) is 0 Å². The number of rotatable bonds is 5. The maximum absolute atomic E-state index is 10.5. The first-order valence-corrected chi connectivity index (χ1v) is 6.74. The first kappa shape index (κ1) is 14.5. The third-order valence-electron chi connectivity index (χ3n) is 3.46. The fourth-order valence-electron chi connectivity index (χ4n) is 1.88. The van der Waals surface area contributed by atoms with Crippen LogP contribution in [-0.4, -0.2) is 17.8 Å². The Labute approximate surface area is 112 Å². The summed E-state index contributed by atoms with van der Waals surface area (Å²) >= 11 is 3.45. The quantitative estimate of drug-likeness (QED) is 0.896. The highest BCUT2D eigenvalue weighted by atomic mass is 79.9. The molecule has 0 heterocycles. The summed E-state index contributed by atoms with van der Waals surface area (Å²) in [6.45, 7) is 6.06. The van der Waals surface area contributed by atoms with E-state index in [9.17, 15) is 5.11 Å². The van der Waals surface area contributed by atoms with Crippen molar-refractivity contribution in [2.24, 2.45) is 5.92 Å². The molecule has 0 saturated heterocycles. The van der Waals surface area contributed by atoms with E-state index in [0.717, 1.165) is 22.2 Å². The third kappa shape index (κ3) is 3.71. The van der Waals surface area contributed by atoms with Crippen molar-refractivity contribution in [2.75, 3.05) is 7.11 Å². The van der Waals surface area contributed by atoms with Crippen molar-refractivity contribution in [3.8, 4) is 5.75 Å². The summed E-state index contributed by atoms with van der Waals surface area (Å²) in [4.78, 5) is 0. The minimum absolute atomic E-state index is 0.256. The lowest BCUT2D eigenvalue weighted by Crippen LogP contribution is -2.35. The number of hydrogen-bond donors (Lipinski definition) is 1. The molecule has 1 aromatic carbocycles. The number of benzene rings is 1. The van der Waals surface area contributed by atoms with Crippen molar-refractivity contribution in [1.82, 2.24) is 0 Å². The molecule has 0 bridgehead atoms. The van der Waals surface area contributed by atoms with Gasteiger partial charge in [-0.15, -0.1) is 0 Å². The Balaban J connectivity index is 2.97. The summed E-state index contributed by atoms with van der Waals surface area (Å²) in [6, 6.07) is 5.88. The molecular weight excluding hydrogens is 280 g/mol. The van der Waals surface area contributed by atoms with Crippen molar-refractivity contribution >= 4 is 15.9 Å². The van der Waals surface area contributed by atoms with Gasteiger partial charge < -0.3 is 9.84 Å². The molecule has 17 heavy (non-hydrogen) atoms. The summed E-state index contributed by atoms with van der Waals surface area (Å²) in [5.41, 5.74) is 0.329. The Morgan fingerprint density at radius 3 is 2.65 bits per heavy atom. The van der Waals surface area contributed by atoms with Crippen LogP contribution < -0.4 is 4.74 Å². The van der Waals surface area contributed by atoms with E-state index in [-0.39, 0.29) is 5.92 Å². The van der Waals surface area contributed by atoms with Crippen molar-refractivity contribution in [3.63, 3.8) is 0 Å². The van der Waals surface area contributed by atoms with Crippen LogP contribution in [0.1, 0.15) is 32.8 Å². The van der Waals surface area contributed by atoms with Crippen LogP contribution in [0.5, 0.6) is 5.75 Å². The molecule has 0 aromatic heterocycles. The monoisotopic (exact) mass is 300 g/mol. The second kappa shape index (κ2) is 5.87. The fourth-order valence-corrected chi connectivity index (χ4v) is 2.29. The zero-order chi connectivity index (χ0) is 13.1. The molecule has 96 valence electrons. The van der Waals surface area contributed by atoms with Gasteiger partial charge in [0.1, 0.15) is 5.75 Å². The highest BCUT2D eigenvalue weighted by molar-refractivity contribution is 9.10. The van der Waals surface area contributed by atoms with E-state index in [1.807, 2.05) is 25.1 Å². The Morgan fingerprint density at radius 1 is 1.47 bits per heavy atom. The van der Waals surface area contributed by atoms with Crippen LogP contribution in [0.2, 0.25) is 0 Å². The van der Waals surface area contributed by atoms with Gasteiger partial charge in [-0.3, -0.25) is 0 Å². The lowest BCUT2D eigenvalue weighted by atomic mass is 9.83. The van der Waals surface area contributed by atoms with Gasteiger partial charge >= 0.3 is 0 Å². The molecule has 1 N–H and O–H groups in total. The molecule has 0 aliphatic carbocycles. The third-order valence-corrected chi connectivity index (χ3v) is 3.96. The standard InChI is InChI=1S/C14H21BrO2/c1-5-10(2)14(3,16)9-11-8-12(15)6-7-13(11)17-4/h6-8,10,16H,5,9H2,1-4H3. The van der Waals surface area contributed by atoms with Gasteiger partial charge in [-0.2, -0.15) is 0 Å². The molecule has 2 nitrogen and oxygen atoms in total. The van der Waals surface area contributed by atoms with E-state index in [1.165, 1.54) is 0 Å². The van der Waals surface area contributed by atoms with Gasteiger partial charge in [-0.05, 0) is 36.6 Å². The smallest absolute Gasteiger partial charge is 0.122 e. The molecule has 1 rings (SSSR count). The van der Waals surface area contributed by atoms with E-state index in [4.69, 9.17) is 4.74 Å². The number of halogens is 1. The summed E-state index contributed by atoms with van der Waals surface area (Å²) in [6.07, 6.45) is 1.56. The lowest BCUT2D eigenvalue weighted by molar-refractivity contribution is 0.00471. The molecule has 2 atom stereocenters. The fraction of sp³-hybridized carbons (Fsp3) is 0.571. The van der Waals surface area contributed by atoms with E-state index in [1.54, 1.807) is 7.11 Å². The highest BCUT2D eigenvalue weighted by Gasteiger charge is 2.28. The van der Waals surface area contributed by atoms with Crippen LogP contribution in [0.15, 0.2) is 22.7 Å². The lowest BCUT2D eigenvalue weighted by Gasteiger charge is -2.30. The number of ether oxygens (including phenoxy) is 1. The maximum atomic E-state index is 10.5. The molecule has 2 unspecified atom stereocenters. The van der Waals surface area contributed by atoms with E-state index < -0.39 is 5.60 Å². The van der Waals surface area contributed by atoms with Gasteiger partial charge in [-0.25, -0.2) is 0 Å². The van der Waals surface area contributed by atoms with Crippen LogP contribution >= 0.6 is 15.9 Å². The summed E-state index contributed by atoms with van der Waals surface area (Å²) < 4.78 is 6.34. The average molecular weight is 301 g/mol. The molecule has 0 aliphatic heterocycles. The Morgan fingerprint density at radius 2 is 2.12 bits per heavy atom. The van der Waals surface area contributed by atoms with Crippen LogP contribution in [-0.2, 0) is 6.42 Å². The van der Waals surface area contributed by atoms with Gasteiger partial charge in [-0.1, -0.05) is 36.2 Å². The van der Waals surface area contributed by atoms with E-state index in [0.29, 0.717) is 6.42 Å². The zero-order valence-electron chi connectivity index (χ0n) is 11.0.